The first-order valence-corrected chi connectivity index (χ1v) is 13.9. The van der Waals surface area contributed by atoms with Crippen LogP contribution in [0, 0.1) is 10.7 Å². The smallest absolute Gasteiger partial charge is 0.305 e. The van der Waals surface area contributed by atoms with Crippen molar-refractivity contribution in [2.45, 2.75) is 64.3 Å². The Bertz CT molecular complexity index is 1530. The highest BCUT2D eigenvalue weighted by Gasteiger charge is 2.32. The fourth-order valence-corrected chi connectivity index (χ4v) is 5.46. The number of benzene rings is 3. The van der Waals surface area contributed by atoms with Crippen molar-refractivity contribution in [3.8, 4) is 28.1 Å². The first-order valence-electron chi connectivity index (χ1n) is 13.9. The molecule has 1 heterocycles. The van der Waals surface area contributed by atoms with Crippen LogP contribution in [0.5, 0.6) is 5.75 Å². The number of hydrogen-bond donors (Lipinski definition) is 4. The fraction of sp³-hybridized carbons (Fsp3) is 0.303. The van der Waals surface area contributed by atoms with Crippen molar-refractivity contribution in [1.29, 1.82) is 0 Å². The normalized spacial score (nSPS) is 12.8. The fourth-order valence-electron chi connectivity index (χ4n) is 5.46. The van der Waals surface area contributed by atoms with Crippen LogP contribution in [0.2, 0.25) is 0 Å². The number of phenolic OH excluding ortho intramolecular Hbond substituents is 1. The van der Waals surface area contributed by atoms with Crippen LogP contribution in [0.4, 0.5) is 10.1 Å². The van der Waals surface area contributed by atoms with Gasteiger partial charge in [-0.15, -0.1) is 0 Å². The van der Waals surface area contributed by atoms with Gasteiger partial charge in [0.2, 0.25) is 6.54 Å². The summed E-state index contributed by atoms with van der Waals surface area (Å²) < 4.78 is 16.8. The summed E-state index contributed by atoms with van der Waals surface area (Å²) in [5.74, 6) is -1.76. The zero-order chi connectivity index (χ0) is 30.4. The molecule has 0 fully saturated rings. The number of aliphatic carboxylic acids is 1. The summed E-state index contributed by atoms with van der Waals surface area (Å²) in [7, 11) is 0. The molecule has 1 aromatic heterocycles. The highest BCUT2D eigenvalue weighted by atomic mass is 19.1. The number of rotatable bonds is 13. The molecule has 0 bridgehead atoms. The Balaban J connectivity index is 1.89. The SMILES string of the molecule is CC(C)c1c(C[N+](=O)c2ccccc2O)c(-c2ccccc2)c(-c2ccc(F)cc2)n1CCC(O)CC(O)CC(=O)O. The molecule has 4 rings (SSSR count). The van der Waals surface area contributed by atoms with E-state index in [2.05, 4.69) is 0 Å². The zero-order valence-corrected chi connectivity index (χ0v) is 23.7. The quantitative estimate of drug-likeness (QED) is 0.137. The van der Waals surface area contributed by atoms with Crippen molar-refractivity contribution in [1.82, 2.24) is 4.57 Å². The third-order valence-electron chi connectivity index (χ3n) is 7.23. The molecule has 220 valence electrons. The molecule has 0 spiro atoms. The first kappa shape index (κ1) is 30.6. The lowest BCUT2D eigenvalue weighted by Crippen LogP contribution is -2.22. The van der Waals surface area contributed by atoms with Crippen molar-refractivity contribution in [3.05, 3.63) is 101 Å². The standard InChI is InChI=1S/C33H35FN2O6/c1-21(2)32-27(20-36(42)28-10-6-7-11-29(28)39)31(22-8-4-3-5-9-22)33(23-12-14-24(34)15-13-23)35(32)17-16-25(37)18-26(38)19-30(40)41/h3-15,21,25-26,37-38H,16-20H2,1-2H3,(H-,39,40,41,42)/p+1. The number of halogens is 1. The molecule has 2 unspecified atom stereocenters. The monoisotopic (exact) mass is 575 g/mol. The Morgan fingerprint density at radius 3 is 2.17 bits per heavy atom. The zero-order valence-electron chi connectivity index (χ0n) is 23.7. The molecule has 0 amide bonds. The van der Waals surface area contributed by atoms with Gasteiger partial charge in [0.15, 0.2) is 5.75 Å². The van der Waals surface area contributed by atoms with Gasteiger partial charge in [-0.2, -0.15) is 0 Å². The third-order valence-corrected chi connectivity index (χ3v) is 7.23. The number of nitrogens with zero attached hydrogens (tertiary/aromatic N) is 2. The summed E-state index contributed by atoms with van der Waals surface area (Å²) in [6.07, 6.45) is -2.54. The topological polar surface area (TPSA) is 123 Å². The van der Waals surface area contributed by atoms with E-state index in [1.807, 2.05) is 48.7 Å². The molecule has 0 radical (unpaired) electrons. The predicted octanol–water partition coefficient (Wildman–Crippen LogP) is 6.38. The lowest BCUT2D eigenvalue weighted by atomic mass is 9.94. The van der Waals surface area contributed by atoms with Crippen LogP contribution in [0.25, 0.3) is 22.4 Å². The number of aromatic nitrogens is 1. The minimum atomic E-state index is -1.19. The summed E-state index contributed by atoms with van der Waals surface area (Å²) in [4.78, 5) is 24.5. The van der Waals surface area contributed by atoms with Gasteiger partial charge in [0.1, 0.15) is 5.82 Å². The van der Waals surface area contributed by atoms with Crippen molar-refractivity contribution in [3.63, 3.8) is 0 Å². The molecule has 0 aliphatic heterocycles. The maximum absolute atomic E-state index is 14.0. The van der Waals surface area contributed by atoms with E-state index in [1.54, 1.807) is 30.3 Å². The van der Waals surface area contributed by atoms with Gasteiger partial charge in [-0.05, 0) is 60.2 Å². The summed E-state index contributed by atoms with van der Waals surface area (Å²) in [5.41, 5.74) is 4.77. The van der Waals surface area contributed by atoms with Crippen LogP contribution in [0.1, 0.15) is 50.3 Å². The van der Waals surface area contributed by atoms with E-state index >= 15 is 0 Å². The number of aromatic hydroxyl groups is 1. The number of nitroso groups, excluding NO2 is 1. The minimum Gasteiger partial charge on any atom is -0.502 e. The lowest BCUT2D eigenvalue weighted by Gasteiger charge is -2.20. The van der Waals surface area contributed by atoms with E-state index in [4.69, 9.17) is 5.11 Å². The first-order chi connectivity index (χ1) is 20.1. The Kier molecular flexibility index (Phi) is 9.88. The van der Waals surface area contributed by atoms with Crippen LogP contribution in [0.15, 0.2) is 78.9 Å². The van der Waals surface area contributed by atoms with E-state index in [-0.39, 0.29) is 43.3 Å². The molecule has 42 heavy (non-hydrogen) atoms. The molecule has 0 aliphatic rings. The summed E-state index contributed by atoms with van der Waals surface area (Å²) in [6, 6.07) is 22.0. The highest BCUT2D eigenvalue weighted by molar-refractivity contribution is 5.86. The summed E-state index contributed by atoms with van der Waals surface area (Å²) in [6.45, 7) is 4.20. The van der Waals surface area contributed by atoms with Crippen LogP contribution >= 0.6 is 0 Å². The number of carboxylic acid groups (broad SMARTS) is 1. The molecule has 4 N–H and O–H groups in total. The van der Waals surface area contributed by atoms with Crippen molar-refractivity contribution >= 4 is 11.7 Å². The highest BCUT2D eigenvalue weighted by Crippen LogP contribution is 2.43. The van der Waals surface area contributed by atoms with E-state index in [0.717, 1.165) is 32.8 Å². The molecular weight excluding hydrogens is 539 g/mol. The number of para-hydroxylation sites is 2. The third kappa shape index (κ3) is 7.10. The van der Waals surface area contributed by atoms with Gasteiger partial charge in [-0.1, -0.05) is 56.3 Å². The molecule has 3 aromatic carbocycles. The Morgan fingerprint density at radius 2 is 1.55 bits per heavy atom. The maximum Gasteiger partial charge on any atom is 0.305 e. The Hall–Kier alpha value is -4.34. The van der Waals surface area contributed by atoms with Gasteiger partial charge in [-0.3, -0.25) is 4.79 Å². The molecule has 2 atom stereocenters. The molecule has 0 saturated heterocycles. The van der Waals surface area contributed by atoms with Crippen LogP contribution in [0.3, 0.4) is 0 Å². The molecule has 0 saturated carbocycles. The number of aliphatic hydroxyl groups excluding tert-OH is 2. The molecule has 4 aromatic rings. The van der Waals surface area contributed by atoms with E-state index in [9.17, 15) is 29.4 Å². The van der Waals surface area contributed by atoms with Crippen molar-refractivity contribution in [2.24, 2.45) is 0 Å². The van der Waals surface area contributed by atoms with Gasteiger partial charge in [0, 0.05) is 33.5 Å². The summed E-state index contributed by atoms with van der Waals surface area (Å²) in [5, 5.41) is 40.2. The lowest BCUT2D eigenvalue weighted by molar-refractivity contribution is -0.480. The Morgan fingerprint density at radius 1 is 0.905 bits per heavy atom. The van der Waals surface area contributed by atoms with Gasteiger partial charge in [0.25, 0.3) is 5.69 Å². The average molecular weight is 576 g/mol. The second-order valence-electron chi connectivity index (χ2n) is 10.7. The van der Waals surface area contributed by atoms with Crippen LogP contribution in [-0.4, -0.2) is 47.9 Å². The molecule has 0 aliphatic carbocycles. The van der Waals surface area contributed by atoms with Gasteiger partial charge < -0.3 is 25.0 Å². The van der Waals surface area contributed by atoms with Gasteiger partial charge in [-0.25, -0.2) is 4.39 Å². The van der Waals surface area contributed by atoms with Crippen LogP contribution < -0.4 is 0 Å². The van der Waals surface area contributed by atoms with Crippen molar-refractivity contribution in [2.75, 3.05) is 0 Å². The average Bonchev–Trinajstić information content (AvgIpc) is 3.26. The van der Waals surface area contributed by atoms with E-state index in [1.165, 1.54) is 18.2 Å². The number of carboxylic acids is 1. The predicted molar refractivity (Wildman–Crippen MR) is 158 cm³/mol. The van der Waals surface area contributed by atoms with E-state index in [0.29, 0.717) is 5.56 Å². The molecule has 8 nitrogen and oxygen atoms in total. The number of carbonyl (C=O) groups is 1. The molecule has 9 heteroatoms. The van der Waals surface area contributed by atoms with Gasteiger partial charge in [0.05, 0.1) is 29.9 Å². The van der Waals surface area contributed by atoms with E-state index < -0.39 is 30.4 Å². The maximum atomic E-state index is 14.0. The largest absolute Gasteiger partial charge is 0.502 e. The number of hydrogen-bond acceptors (Lipinski definition) is 5. The van der Waals surface area contributed by atoms with Crippen molar-refractivity contribution < 1.29 is 34.4 Å². The van der Waals surface area contributed by atoms with Gasteiger partial charge >= 0.3 is 5.97 Å². The minimum absolute atomic E-state index is 0.0795. The summed E-state index contributed by atoms with van der Waals surface area (Å²) >= 11 is 0. The second-order valence-corrected chi connectivity index (χ2v) is 10.7. The number of phenols is 1. The van der Waals surface area contributed by atoms with Crippen LogP contribution in [-0.2, 0) is 17.9 Å². The molecular formula is C33H36FN2O6+. The second kappa shape index (κ2) is 13.5. The Labute approximate surface area is 243 Å². The number of aliphatic hydroxyl groups is 2.